The quantitative estimate of drug-likeness (QED) is 0.844. The number of hydrogen-bond acceptors (Lipinski definition) is 5. The van der Waals surface area contributed by atoms with E-state index in [1.807, 2.05) is 4.90 Å². The fraction of sp³-hybridized carbons (Fsp3) is 0.846. The second kappa shape index (κ2) is 7.40. The van der Waals surface area contributed by atoms with E-state index in [9.17, 15) is 13.2 Å². The number of alkyl halides is 3. The lowest BCUT2D eigenvalue weighted by molar-refractivity contribution is -0.144. The molecule has 0 bridgehead atoms. The summed E-state index contributed by atoms with van der Waals surface area (Å²) in [6, 6.07) is 0.257. The maximum Gasteiger partial charge on any atom is 0.452 e. The van der Waals surface area contributed by atoms with E-state index < -0.39 is 12.0 Å². The molecule has 0 atom stereocenters. The second-order valence-corrected chi connectivity index (χ2v) is 6.11. The summed E-state index contributed by atoms with van der Waals surface area (Å²) in [6.07, 6.45) is 2.92. The molecule has 2 rings (SSSR count). The molecule has 1 fully saturated rings. The normalized spacial score (nSPS) is 17.7. The molecule has 1 heterocycles. The Bertz CT molecular complexity index is 427. The van der Waals surface area contributed by atoms with Crippen molar-refractivity contribution in [3.63, 3.8) is 0 Å². The van der Waals surface area contributed by atoms with E-state index in [1.54, 1.807) is 0 Å². The van der Waals surface area contributed by atoms with E-state index in [0.29, 0.717) is 18.2 Å². The minimum Gasteiger partial charge on any atom is -0.344 e. The van der Waals surface area contributed by atoms with Crippen LogP contribution in [0.4, 0.5) is 18.3 Å². The molecule has 0 amide bonds. The molecule has 1 aromatic heterocycles. The summed E-state index contributed by atoms with van der Waals surface area (Å²) in [6.45, 7) is 1.17. The lowest BCUT2D eigenvalue weighted by atomic mass is 10.1. The number of rotatable bonds is 5. The average molecular weight is 322 g/mol. The molecule has 1 aromatic rings. The van der Waals surface area contributed by atoms with E-state index in [-0.39, 0.29) is 6.04 Å². The van der Waals surface area contributed by atoms with Crippen LogP contribution in [0.3, 0.4) is 0 Å². The fourth-order valence-electron chi connectivity index (χ4n) is 2.71. The topological polar surface area (TPSA) is 55.0 Å². The fourth-order valence-corrected chi connectivity index (χ4v) is 3.50. The Kier molecular flexibility index (Phi) is 5.80. The van der Waals surface area contributed by atoms with Crippen molar-refractivity contribution in [1.82, 2.24) is 9.36 Å². The van der Waals surface area contributed by atoms with Gasteiger partial charge in [0.1, 0.15) is 0 Å². The van der Waals surface area contributed by atoms with E-state index in [4.69, 9.17) is 5.73 Å². The lowest BCUT2D eigenvalue weighted by Crippen LogP contribution is -2.36. The highest BCUT2D eigenvalue weighted by Gasteiger charge is 2.37. The van der Waals surface area contributed by atoms with Crippen molar-refractivity contribution in [2.75, 3.05) is 18.0 Å². The monoisotopic (exact) mass is 322 g/mol. The molecule has 120 valence electrons. The van der Waals surface area contributed by atoms with Gasteiger partial charge in [-0.25, -0.2) is 0 Å². The van der Waals surface area contributed by atoms with Crippen LogP contribution in [0.2, 0.25) is 0 Å². The largest absolute Gasteiger partial charge is 0.452 e. The molecule has 1 aliphatic carbocycles. The molecule has 0 aromatic carbocycles. The molecule has 8 heteroatoms. The van der Waals surface area contributed by atoms with Crippen molar-refractivity contribution in [1.29, 1.82) is 0 Å². The van der Waals surface area contributed by atoms with Crippen LogP contribution in [-0.2, 0) is 6.18 Å². The van der Waals surface area contributed by atoms with E-state index in [0.717, 1.165) is 43.6 Å². The van der Waals surface area contributed by atoms with Crippen molar-refractivity contribution in [3.8, 4) is 0 Å². The van der Waals surface area contributed by atoms with Crippen molar-refractivity contribution in [3.05, 3.63) is 5.82 Å². The van der Waals surface area contributed by atoms with Gasteiger partial charge >= 0.3 is 6.18 Å². The van der Waals surface area contributed by atoms with Crippen LogP contribution < -0.4 is 10.6 Å². The minimum atomic E-state index is -4.47. The summed E-state index contributed by atoms with van der Waals surface area (Å²) in [5, 5.41) is 0.377. The van der Waals surface area contributed by atoms with Crippen LogP contribution in [0.15, 0.2) is 0 Å². The van der Waals surface area contributed by atoms with Crippen LogP contribution in [0.25, 0.3) is 0 Å². The number of anilines is 1. The number of aromatic nitrogens is 2. The summed E-state index contributed by atoms with van der Waals surface area (Å²) in [5.41, 5.74) is 5.55. The second-order valence-electron chi connectivity index (χ2n) is 5.38. The molecule has 1 saturated carbocycles. The predicted molar refractivity (Wildman–Crippen MR) is 77.4 cm³/mol. The van der Waals surface area contributed by atoms with Gasteiger partial charge in [-0.05, 0) is 25.8 Å². The molecule has 0 spiro atoms. The highest BCUT2D eigenvalue weighted by molar-refractivity contribution is 7.09. The van der Waals surface area contributed by atoms with Crippen LogP contribution in [0, 0.1) is 0 Å². The zero-order valence-corrected chi connectivity index (χ0v) is 12.7. The van der Waals surface area contributed by atoms with E-state index in [2.05, 4.69) is 9.36 Å². The Labute approximate surface area is 126 Å². The van der Waals surface area contributed by atoms with Crippen LogP contribution in [0.1, 0.15) is 50.8 Å². The van der Waals surface area contributed by atoms with Crippen molar-refractivity contribution in [2.45, 2.75) is 57.2 Å². The highest BCUT2D eigenvalue weighted by Crippen LogP contribution is 2.33. The molecule has 0 saturated heterocycles. The molecule has 4 nitrogen and oxygen atoms in total. The summed E-state index contributed by atoms with van der Waals surface area (Å²) < 4.78 is 41.5. The maximum absolute atomic E-state index is 12.7. The SMILES string of the molecule is NCCCN(c1nc(C(F)(F)F)ns1)C1CCCCCC1. The van der Waals surface area contributed by atoms with Gasteiger partial charge in [0, 0.05) is 24.1 Å². The first-order valence-corrected chi connectivity index (χ1v) is 8.17. The predicted octanol–water partition coefficient (Wildman–Crippen LogP) is 3.43. The Balaban J connectivity index is 2.16. The summed E-state index contributed by atoms with van der Waals surface area (Å²) >= 11 is 0.839. The lowest BCUT2D eigenvalue weighted by Gasteiger charge is -2.30. The van der Waals surface area contributed by atoms with E-state index >= 15 is 0 Å². The van der Waals surface area contributed by atoms with Crippen molar-refractivity contribution in [2.24, 2.45) is 5.73 Å². The zero-order valence-electron chi connectivity index (χ0n) is 11.9. The first kappa shape index (κ1) is 16.5. The number of nitrogens with two attached hydrogens (primary N) is 1. The molecular formula is C13H21F3N4S. The smallest absolute Gasteiger partial charge is 0.344 e. The molecule has 1 aliphatic rings. The summed E-state index contributed by atoms with van der Waals surface area (Å²) in [7, 11) is 0. The zero-order chi connectivity index (χ0) is 15.3. The maximum atomic E-state index is 12.7. The average Bonchev–Trinajstić information content (AvgIpc) is 2.77. The van der Waals surface area contributed by atoms with Crippen LogP contribution in [-0.4, -0.2) is 28.5 Å². The minimum absolute atomic E-state index is 0.257. The molecule has 0 aliphatic heterocycles. The summed E-state index contributed by atoms with van der Waals surface area (Å²) in [5.74, 6) is -1.03. The first-order chi connectivity index (χ1) is 10.0. The molecule has 0 radical (unpaired) electrons. The third-order valence-electron chi connectivity index (χ3n) is 3.78. The number of hydrogen-bond donors (Lipinski definition) is 1. The van der Waals surface area contributed by atoms with Gasteiger partial charge in [0.05, 0.1) is 0 Å². The van der Waals surface area contributed by atoms with Crippen molar-refractivity contribution < 1.29 is 13.2 Å². The van der Waals surface area contributed by atoms with Crippen LogP contribution >= 0.6 is 11.5 Å². The van der Waals surface area contributed by atoms with Gasteiger partial charge in [-0.2, -0.15) is 22.5 Å². The standard InChI is InChI=1S/C13H21F3N4S/c14-13(15,16)11-18-12(21-19-11)20(9-5-8-17)10-6-3-1-2-4-7-10/h10H,1-9,17H2. The molecule has 21 heavy (non-hydrogen) atoms. The third-order valence-corrected chi connectivity index (χ3v) is 4.54. The third kappa shape index (κ3) is 4.54. The first-order valence-electron chi connectivity index (χ1n) is 7.40. The Morgan fingerprint density at radius 3 is 2.38 bits per heavy atom. The van der Waals surface area contributed by atoms with Crippen LogP contribution in [0.5, 0.6) is 0 Å². The number of halogens is 3. The van der Waals surface area contributed by atoms with Gasteiger partial charge < -0.3 is 10.6 Å². The van der Waals surface area contributed by atoms with Gasteiger partial charge in [0.25, 0.3) is 0 Å². The Morgan fingerprint density at radius 1 is 1.19 bits per heavy atom. The van der Waals surface area contributed by atoms with Gasteiger partial charge in [-0.15, -0.1) is 0 Å². The number of nitrogens with zero attached hydrogens (tertiary/aromatic N) is 3. The molecule has 0 unspecified atom stereocenters. The van der Waals surface area contributed by atoms with Crippen molar-refractivity contribution >= 4 is 16.7 Å². The van der Waals surface area contributed by atoms with Gasteiger partial charge in [-0.1, -0.05) is 25.7 Å². The molecular weight excluding hydrogens is 301 g/mol. The van der Waals surface area contributed by atoms with Gasteiger partial charge in [-0.3, -0.25) is 0 Å². The summed E-state index contributed by atoms with van der Waals surface area (Å²) in [4.78, 5) is 5.70. The Hall–Kier alpha value is -0.890. The molecule has 2 N–H and O–H groups in total. The highest BCUT2D eigenvalue weighted by atomic mass is 32.1. The van der Waals surface area contributed by atoms with Gasteiger partial charge in [0.2, 0.25) is 11.0 Å². The van der Waals surface area contributed by atoms with E-state index in [1.165, 1.54) is 12.8 Å². The van der Waals surface area contributed by atoms with Gasteiger partial charge in [0.15, 0.2) is 0 Å². The Morgan fingerprint density at radius 2 is 1.86 bits per heavy atom.